The predicted molar refractivity (Wildman–Crippen MR) is 132 cm³/mol. The number of likely N-dealkylation sites (tertiary alicyclic amines) is 1. The largest absolute Gasteiger partial charge is 0.436 e. The predicted octanol–water partition coefficient (Wildman–Crippen LogP) is 5.35. The first-order valence-corrected chi connectivity index (χ1v) is 12.6. The molecule has 3 aromatic rings. The number of nitrogens with one attached hydrogen (secondary N) is 1. The van der Waals surface area contributed by atoms with E-state index in [-0.39, 0.29) is 17.7 Å². The zero-order valence-corrected chi connectivity index (χ0v) is 20.0. The van der Waals surface area contributed by atoms with Gasteiger partial charge in [0.2, 0.25) is 11.8 Å². The highest BCUT2D eigenvalue weighted by Crippen LogP contribution is 2.29. The molecule has 2 aliphatic rings. The maximum absolute atomic E-state index is 13.2. The molecule has 0 radical (unpaired) electrons. The molecule has 2 aromatic carbocycles. The summed E-state index contributed by atoms with van der Waals surface area (Å²) in [5, 5.41) is 3.23. The number of amides is 2. The summed E-state index contributed by atoms with van der Waals surface area (Å²) < 4.78 is 5.91. The van der Waals surface area contributed by atoms with E-state index in [0.29, 0.717) is 47.6 Å². The number of rotatable bonds is 5. The van der Waals surface area contributed by atoms with Crippen molar-refractivity contribution in [2.75, 3.05) is 13.1 Å². The molecule has 0 unspecified atom stereocenters. The van der Waals surface area contributed by atoms with Crippen LogP contribution in [-0.2, 0) is 4.79 Å². The Hall–Kier alpha value is -3.15. The van der Waals surface area contributed by atoms with E-state index in [0.717, 1.165) is 31.2 Å². The lowest BCUT2D eigenvalue weighted by atomic mass is 9.84. The van der Waals surface area contributed by atoms with E-state index in [4.69, 9.17) is 4.42 Å². The highest BCUT2D eigenvalue weighted by Gasteiger charge is 2.31. The number of benzene rings is 2. The fourth-order valence-corrected chi connectivity index (χ4v) is 5.28. The monoisotopic (exact) mass is 459 g/mol. The standard InChI is InChI=1S/C28H33N3O3/c1-18-7-9-21(10-8-18)27-30-24-17-22(11-12-25(24)34-27)28(33)31-15-13-20(14-16-31)19(2)26(32)29-23-5-3-4-6-23/h7-12,17,19-20,23H,3-6,13-16H2,1-2H3,(H,29,32)/t19-/m1/s1. The Labute approximate surface area is 200 Å². The normalized spacial score (nSPS) is 18.4. The molecule has 1 aromatic heterocycles. The summed E-state index contributed by atoms with van der Waals surface area (Å²) in [6, 6.07) is 13.9. The molecule has 178 valence electrons. The molecular formula is C28H33N3O3. The zero-order chi connectivity index (χ0) is 23.7. The van der Waals surface area contributed by atoms with E-state index in [1.54, 1.807) is 0 Å². The fourth-order valence-electron chi connectivity index (χ4n) is 5.28. The molecule has 2 amide bonds. The average Bonchev–Trinajstić information content (AvgIpc) is 3.53. The second-order valence-electron chi connectivity index (χ2n) is 9.98. The van der Waals surface area contributed by atoms with Gasteiger partial charge in [0.25, 0.3) is 5.91 Å². The first-order chi connectivity index (χ1) is 16.5. The third-order valence-corrected chi connectivity index (χ3v) is 7.58. The Kier molecular flexibility index (Phi) is 6.40. The Morgan fingerprint density at radius 3 is 2.44 bits per heavy atom. The molecule has 6 nitrogen and oxygen atoms in total. The van der Waals surface area contributed by atoms with Crippen LogP contribution in [0.5, 0.6) is 0 Å². The number of piperidine rings is 1. The molecule has 1 N–H and O–H groups in total. The van der Waals surface area contributed by atoms with Crippen molar-refractivity contribution in [1.29, 1.82) is 0 Å². The van der Waals surface area contributed by atoms with Crippen LogP contribution in [0.2, 0.25) is 0 Å². The number of carbonyl (C=O) groups is 2. The topological polar surface area (TPSA) is 75.4 Å². The molecular weight excluding hydrogens is 426 g/mol. The van der Waals surface area contributed by atoms with Crippen molar-refractivity contribution in [1.82, 2.24) is 15.2 Å². The number of hydrogen-bond acceptors (Lipinski definition) is 4. The molecule has 1 saturated heterocycles. The van der Waals surface area contributed by atoms with Crippen molar-refractivity contribution in [2.45, 2.75) is 58.4 Å². The van der Waals surface area contributed by atoms with Crippen molar-refractivity contribution in [3.8, 4) is 11.5 Å². The molecule has 1 atom stereocenters. The number of fused-ring (bicyclic) bond motifs is 1. The van der Waals surface area contributed by atoms with Gasteiger partial charge in [-0.1, -0.05) is 37.5 Å². The molecule has 1 aliphatic heterocycles. The lowest BCUT2D eigenvalue weighted by Gasteiger charge is -2.34. The van der Waals surface area contributed by atoms with Crippen molar-refractivity contribution >= 4 is 22.9 Å². The van der Waals surface area contributed by atoms with Crippen LogP contribution in [0, 0.1) is 18.8 Å². The van der Waals surface area contributed by atoms with Crippen molar-refractivity contribution in [3.63, 3.8) is 0 Å². The Balaban J connectivity index is 1.21. The molecule has 1 saturated carbocycles. The molecule has 6 heteroatoms. The molecule has 2 heterocycles. The van der Waals surface area contributed by atoms with Crippen molar-refractivity contribution in [2.24, 2.45) is 11.8 Å². The molecule has 34 heavy (non-hydrogen) atoms. The highest BCUT2D eigenvalue weighted by atomic mass is 16.3. The molecule has 5 rings (SSSR count). The third kappa shape index (κ3) is 4.72. The third-order valence-electron chi connectivity index (χ3n) is 7.58. The first-order valence-electron chi connectivity index (χ1n) is 12.6. The number of aromatic nitrogens is 1. The number of oxazole rings is 1. The van der Waals surface area contributed by atoms with Gasteiger partial charge in [-0.15, -0.1) is 0 Å². The minimum Gasteiger partial charge on any atom is -0.436 e. The first kappa shape index (κ1) is 22.6. The van der Waals surface area contributed by atoms with Gasteiger partial charge in [-0.2, -0.15) is 0 Å². The van der Waals surface area contributed by atoms with Crippen LogP contribution in [0.15, 0.2) is 46.9 Å². The van der Waals surface area contributed by atoms with Crippen LogP contribution in [0.25, 0.3) is 22.6 Å². The summed E-state index contributed by atoms with van der Waals surface area (Å²) in [6.07, 6.45) is 6.35. The van der Waals surface area contributed by atoms with E-state index in [2.05, 4.69) is 10.3 Å². The second-order valence-corrected chi connectivity index (χ2v) is 9.98. The van der Waals surface area contributed by atoms with Crippen molar-refractivity contribution < 1.29 is 14.0 Å². The lowest BCUT2D eigenvalue weighted by molar-refractivity contribution is -0.127. The van der Waals surface area contributed by atoms with Crippen LogP contribution in [0.3, 0.4) is 0 Å². The molecule has 2 fully saturated rings. The summed E-state index contributed by atoms with van der Waals surface area (Å²) >= 11 is 0. The number of aryl methyl sites for hydroxylation is 1. The van der Waals surface area contributed by atoms with Crippen LogP contribution >= 0.6 is 0 Å². The molecule has 1 aliphatic carbocycles. The van der Waals surface area contributed by atoms with Gasteiger partial charge in [0, 0.05) is 36.2 Å². The zero-order valence-electron chi connectivity index (χ0n) is 20.0. The molecule has 0 bridgehead atoms. The van der Waals surface area contributed by atoms with Crippen LogP contribution in [-0.4, -0.2) is 40.8 Å². The van der Waals surface area contributed by atoms with Crippen LogP contribution in [0.4, 0.5) is 0 Å². The fraction of sp³-hybridized carbons (Fsp3) is 0.464. The maximum Gasteiger partial charge on any atom is 0.253 e. The van der Waals surface area contributed by atoms with Gasteiger partial charge in [0.15, 0.2) is 5.58 Å². The Bertz CT molecular complexity index is 1170. The quantitative estimate of drug-likeness (QED) is 0.558. The summed E-state index contributed by atoms with van der Waals surface area (Å²) in [5.41, 5.74) is 4.09. The molecule has 0 spiro atoms. The highest BCUT2D eigenvalue weighted by molar-refractivity contribution is 5.97. The average molecular weight is 460 g/mol. The summed E-state index contributed by atoms with van der Waals surface area (Å²) in [6.45, 7) is 5.44. The summed E-state index contributed by atoms with van der Waals surface area (Å²) in [7, 11) is 0. The van der Waals surface area contributed by atoms with E-state index in [1.165, 1.54) is 18.4 Å². The van der Waals surface area contributed by atoms with Crippen molar-refractivity contribution in [3.05, 3.63) is 53.6 Å². The smallest absolute Gasteiger partial charge is 0.253 e. The van der Waals surface area contributed by atoms with Gasteiger partial charge in [-0.25, -0.2) is 4.98 Å². The number of hydrogen-bond donors (Lipinski definition) is 1. The minimum atomic E-state index is -0.00970. The van der Waals surface area contributed by atoms with E-state index in [1.807, 2.05) is 61.2 Å². The number of nitrogens with zero attached hydrogens (tertiary/aromatic N) is 2. The second kappa shape index (κ2) is 9.61. The van der Waals surface area contributed by atoms with Gasteiger partial charge >= 0.3 is 0 Å². The number of carbonyl (C=O) groups excluding carboxylic acids is 2. The lowest BCUT2D eigenvalue weighted by Crippen LogP contribution is -2.44. The Morgan fingerprint density at radius 1 is 1.03 bits per heavy atom. The minimum absolute atomic E-state index is 0.00970. The Morgan fingerprint density at radius 2 is 1.74 bits per heavy atom. The van der Waals surface area contributed by atoms with Gasteiger partial charge in [-0.3, -0.25) is 9.59 Å². The SMILES string of the molecule is Cc1ccc(-c2nc3cc(C(=O)N4CCC([C@@H](C)C(=O)NC5CCCC5)CC4)ccc3o2)cc1. The van der Waals surface area contributed by atoms with Gasteiger partial charge in [-0.05, 0) is 68.9 Å². The summed E-state index contributed by atoms with van der Waals surface area (Å²) in [5.74, 6) is 1.07. The van der Waals surface area contributed by atoms with Gasteiger partial charge in [0.05, 0.1) is 0 Å². The van der Waals surface area contributed by atoms with E-state index < -0.39 is 0 Å². The van der Waals surface area contributed by atoms with Crippen LogP contribution in [0.1, 0.15) is 61.4 Å². The maximum atomic E-state index is 13.2. The van der Waals surface area contributed by atoms with E-state index in [9.17, 15) is 9.59 Å². The summed E-state index contributed by atoms with van der Waals surface area (Å²) in [4.78, 5) is 32.4. The van der Waals surface area contributed by atoms with Gasteiger partial charge in [0.1, 0.15) is 5.52 Å². The van der Waals surface area contributed by atoms with Crippen LogP contribution < -0.4 is 5.32 Å². The van der Waals surface area contributed by atoms with Gasteiger partial charge < -0.3 is 14.6 Å². The van der Waals surface area contributed by atoms with E-state index >= 15 is 0 Å².